The highest BCUT2D eigenvalue weighted by Gasteiger charge is 2.28. The second kappa shape index (κ2) is 5.02. The van der Waals surface area contributed by atoms with Gasteiger partial charge < -0.3 is 10.1 Å². The number of hydrogen-bond donors (Lipinski definition) is 1. The molecular formula is C13H18ClN3O. The first-order valence-electron chi connectivity index (χ1n) is 6.58. The van der Waals surface area contributed by atoms with Crippen LogP contribution in [0.1, 0.15) is 43.8 Å². The normalized spacial score (nSPS) is 27.4. The summed E-state index contributed by atoms with van der Waals surface area (Å²) in [6.45, 7) is 0. The molecule has 0 amide bonds. The van der Waals surface area contributed by atoms with Gasteiger partial charge in [-0.05, 0) is 32.1 Å². The van der Waals surface area contributed by atoms with Crippen molar-refractivity contribution in [2.75, 3.05) is 12.4 Å². The van der Waals surface area contributed by atoms with E-state index in [0.717, 1.165) is 30.9 Å². The first kappa shape index (κ1) is 12.2. The van der Waals surface area contributed by atoms with E-state index in [9.17, 15) is 0 Å². The molecule has 98 valence electrons. The van der Waals surface area contributed by atoms with Crippen molar-refractivity contribution >= 4 is 17.4 Å². The summed E-state index contributed by atoms with van der Waals surface area (Å²) >= 11 is 6.05. The maximum Gasteiger partial charge on any atom is 0.135 e. The minimum absolute atomic E-state index is 0.378. The number of nitrogens with one attached hydrogen (secondary N) is 1. The topological polar surface area (TPSA) is 47.0 Å². The molecular weight excluding hydrogens is 250 g/mol. The Morgan fingerprint density at radius 3 is 2.78 bits per heavy atom. The van der Waals surface area contributed by atoms with Gasteiger partial charge in [-0.1, -0.05) is 11.6 Å². The van der Waals surface area contributed by atoms with Crippen molar-refractivity contribution in [2.45, 2.75) is 50.2 Å². The molecule has 2 saturated carbocycles. The molecule has 2 unspecified atom stereocenters. The first-order chi connectivity index (χ1) is 8.74. The van der Waals surface area contributed by atoms with Crippen LogP contribution in [0.5, 0.6) is 0 Å². The van der Waals surface area contributed by atoms with Crippen molar-refractivity contribution in [3.8, 4) is 0 Å². The van der Waals surface area contributed by atoms with E-state index in [4.69, 9.17) is 16.3 Å². The number of nitrogens with zero attached hydrogens (tertiary/aromatic N) is 2. The van der Waals surface area contributed by atoms with Crippen molar-refractivity contribution in [3.63, 3.8) is 0 Å². The van der Waals surface area contributed by atoms with E-state index in [-0.39, 0.29) is 0 Å². The van der Waals surface area contributed by atoms with Crippen LogP contribution in [0, 0.1) is 0 Å². The molecule has 1 N–H and O–H groups in total. The second-order valence-electron chi connectivity index (χ2n) is 5.22. The highest BCUT2D eigenvalue weighted by molar-refractivity contribution is 6.29. The van der Waals surface area contributed by atoms with Gasteiger partial charge >= 0.3 is 0 Å². The standard InChI is InChI=1S/C13H18ClN3O/c1-18-10-5-4-9(6-10)15-12-7-11(14)16-13(17-12)8-2-3-8/h7-10H,2-6H2,1H3,(H,15,16,17). The van der Waals surface area contributed by atoms with Crippen molar-refractivity contribution in [1.82, 2.24) is 9.97 Å². The number of rotatable bonds is 4. The largest absolute Gasteiger partial charge is 0.381 e. The Kier molecular flexibility index (Phi) is 3.39. The average Bonchev–Trinajstić information content (AvgIpc) is 3.10. The van der Waals surface area contributed by atoms with Crippen molar-refractivity contribution in [3.05, 3.63) is 17.0 Å². The van der Waals surface area contributed by atoms with Crippen LogP contribution in [0.4, 0.5) is 5.82 Å². The number of aromatic nitrogens is 2. The zero-order chi connectivity index (χ0) is 12.5. The second-order valence-corrected chi connectivity index (χ2v) is 5.61. The van der Waals surface area contributed by atoms with Gasteiger partial charge in [0.1, 0.15) is 16.8 Å². The molecule has 0 bridgehead atoms. The summed E-state index contributed by atoms with van der Waals surface area (Å²) in [6.07, 6.45) is 6.03. The molecule has 0 spiro atoms. The van der Waals surface area contributed by atoms with Crippen LogP contribution < -0.4 is 5.32 Å². The number of halogens is 1. The van der Waals surface area contributed by atoms with Crippen LogP contribution in [-0.2, 0) is 4.74 Å². The van der Waals surface area contributed by atoms with Gasteiger partial charge in [-0.3, -0.25) is 0 Å². The summed E-state index contributed by atoms with van der Waals surface area (Å²) < 4.78 is 5.38. The van der Waals surface area contributed by atoms with Crippen molar-refractivity contribution in [1.29, 1.82) is 0 Å². The molecule has 0 aromatic carbocycles. The molecule has 2 atom stereocenters. The zero-order valence-electron chi connectivity index (χ0n) is 10.5. The van der Waals surface area contributed by atoms with Gasteiger partial charge in [0.15, 0.2) is 0 Å². The van der Waals surface area contributed by atoms with E-state index in [0.29, 0.717) is 23.2 Å². The molecule has 1 aromatic rings. The monoisotopic (exact) mass is 267 g/mol. The van der Waals surface area contributed by atoms with Gasteiger partial charge in [0.05, 0.1) is 6.10 Å². The van der Waals surface area contributed by atoms with E-state index in [1.165, 1.54) is 12.8 Å². The zero-order valence-corrected chi connectivity index (χ0v) is 11.3. The summed E-state index contributed by atoms with van der Waals surface area (Å²) in [5.74, 6) is 2.28. The van der Waals surface area contributed by atoms with Crippen molar-refractivity contribution in [2.24, 2.45) is 0 Å². The maximum atomic E-state index is 6.05. The SMILES string of the molecule is COC1CCC(Nc2cc(Cl)nc(C3CC3)n2)C1. The maximum absolute atomic E-state index is 6.05. The summed E-state index contributed by atoms with van der Waals surface area (Å²) in [5, 5.41) is 3.99. The fourth-order valence-corrected chi connectivity index (χ4v) is 2.72. The summed E-state index contributed by atoms with van der Waals surface area (Å²) in [5.41, 5.74) is 0. The van der Waals surface area contributed by atoms with Gasteiger partial charge in [-0.2, -0.15) is 0 Å². The lowest BCUT2D eigenvalue weighted by atomic mass is 10.2. The van der Waals surface area contributed by atoms with E-state index >= 15 is 0 Å². The van der Waals surface area contributed by atoms with Gasteiger partial charge in [0.2, 0.25) is 0 Å². The molecule has 4 nitrogen and oxygen atoms in total. The van der Waals surface area contributed by atoms with Crippen molar-refractivity contribution < 1.29 is 4.74 Å². The van der Waals surface area contributed by atoms with Crippen LogP contribution in [-0.4, -0.2) is 29.2 Å². The lowest BCUT2D eigenvalue weighted by Crippen LogP contribution is -2.18. The van der Waals surface area contributed by atoms with E-state index in [1.54, 1.807) is 7.11 Å². The van der Waals surface area contributed by atoms with Crippen LogP contribution in [0.3, 0.4) is 0 Å². The van der Waals surface area contributed by atoms with Gasteiger partial charge in [0.25, 0.3) is 0 Å². The molecule has 3 rings (SSSR count). The molecule has 2 fully saturated rings. The highest BCUT2D eigenvalue weighted by atomic mass is 35.5. The Hall–Kier alpha value is -0.870. The fourth-order valence-electron chi connectivity index (χ4n) is 2.53. The van der Waals surface area contributed by atoms with E-state index < -0.39 is 0 Å². The summed E-state index contributed by atoms with van der Waals surface area (Å²) in [6, 6.07) is 2.25. The van der Waals surface area contributed by atoms with Crippen LogP contribution in [0.2, 0.25) is 5.15 Å². The molecule has 0 radical (unpaired) electrons. The first-order valence-corrected chi connectivity index (χ1v) is 6.96. The third-order valence-electron chi connectivity index (χ3n) is 3.72. The average molecular weight is 268 g/mol. The predicted octanol–water partition coefficient (Wildman–Crippen LogP) is 2.99. The lowest BCUT2D eigenvalue weighted by molar-refractivity contribution is 0.108. The lowest BCUT2D eigenvalue weighted by Gasteiger charge is -2.14. The number of methoxy groups -OCH3 is 1. The van der Waals surface area contributed by atoms with Crippen LogP contribution in [0.25, 0.3) is 0 Å². The molecule has 18 heavy (non-hydrogen) atoms. The van der Waals surface area contributed by atoms with Gasteiger partial charge in [-0.15, -0.1) is 0 Å². The Labute approximate surface area is 112 Å². The van der Waals surface area contributed by atoms with Crippen LogP contribution >= 0.6 is 11.6 Å². The predicted molar refractivity (Wildman–Crippen MR) is 71.1 cm³/mol. The minimum Gasteiger partial charge on any atom is -0.381 e. The molecule has 1 heterocycles. The quantitative estimate of drug-likeness (QED) is 0.852. The van der Waals surface area contributed by atoms with E-state index in [2.05, 4.69) is 15.3 Å². The third kappa shape index (κ3) is 2.75. The molecule has 5 heteroatoms. The smallest absolute Gasteiger partial charge is 0.135 e. The van der Waals surface area contributed by atoms with Gasteiger partial charge in [-0.25, -0.2) is 9.97 Å². The Balaban J connectivity index is 1.68. The molecule has 2 aliphatic carbocycles. The minimum atomic E-state index is 0.378. The fraction of sp³-hybridized carbons (Fsp3) is 0.692. The number of anilines is 1. The Bertz CT molecular complexity index is 436. The molecule has 0 aliphatic heterocycles. The summed E-state index contributed by atoms with van der Waals surface area (Å²) in [7, 11) is 1.78. The Morgan fingerprint density at radius 1 is 1.28 bits per heavy atom. The third-order valence-corrected chi connectivity index (χ3v) is 3.92. The highest BCUT2D eigenvalue weighted by Crippen LogP contribution is 2.39. The van der Waals surface area contributed by atoms with Crippen LogP contribution in [0.15, 0.2) is 6.07 Å². The van der Waals surface area contributed by atoms with Gasteiger partial charge in [0, 0.05) is 25.1 Å². The molecule has 0 saturated heterocycles. The number of ether oxygens (including phenoxy) is 1. The summed E-state index contributed by atoms with van der Waals surface area (Å²) in [4.78, 5) is 8.85. The molecule has 1 aromatic heterocycles. The Morgan fingerprint density at radius 2 is 2.11 bits per heavy atom. The number of hydrogen-bond acceptors (Lipinski definition) is 4. The van der Waals surface area contributed by atoms with E-state index in [1.807, 2.05) is 6.07 Å². The molecule has 2 aliphatic rings.